The van der Waals surface area contributed by atoms with E-state index in [-0.39, 0.29) is 11.5 Å². The van der Waals surface area contributed by atoms with Gasteiger partial charge in [0, 0.05) is 0 Å². The van der Waals surface area contributed by atoms with E-state index in [2.05, 4.69) is 13.1 Å². The summed E-state index contributed by atoms with van der Waals surface area (Å²) in [5.41, 5.74) is -4.01. The molecule has 0 bridgehead atoms. The van der Waals surface area contributed by atoms with Gasteiger partial charge in [0.15, 0.2) is 12.5 Å². The first-order chi connectivity index (χ1) is 22.7. The third-order valence-corrected chi connectivity index (χ3v) is 11.1. The van der Waals surface area contributed by atoms with Crippen molar-refractivity contribution in [3.8, 4) is 11.5 Å². The summed E-state index contributed by atoms with van der Waals surface area (Å²) in [7, 11) is -9.36. The maximum atomic E-state index is 12.6. The van der Waals surface area contributed by atoms with Crippen LogP contribution in [0, 0.1) is 0 Å². The summed E-state index contributed by atoms with van der Waals surface area (Å²) in [6, 6.07) is 0. The lowest BCUT2D eigenvalue weighted by Crippen LogP contribution is -2.38. The predicted octanol–water partition coefficient (Wildman–Crippen LogP) is -4.11. The second kappa shape index (κ2) is 14.8. The van der Waals surface area contributed by atoms with E-state index in [4.69, 9.17) is 31.0 Å². The van der Waals surface area contributed by atoms with E-state index >= 15 is 0 Å². The zero-order valence-corrected chi connectivity index (χ0v) is 27.5. The van der Waals surface area contributed by atoms with E-state index in [1.807, 2.05) is 9.97 Å². The van der Waals surface area contributed by atoms with Crippen LogP contribution in [0.2, 0.25) is 0 Å². The van der Waals surface area contributed by atoms with Crippen LogP contribution < -0.4 is 32.0 Å². The van der Waals surface area contributed by atoms with Crippen LogP contribution in [0.25, 0.3) is 0 Å². The van der Waals surface area contributed by atoms with E-state index in [0.29, 0.717) is 9.13 Å². The van der Waals surface area contributed by atoms with Crippen molar-refractivity contribution in [1.29, 1.82) is 0 Å². The molecule has 2 aromatic heterocycles. The molecule has 49 heavy (non-hydrogen) atoms. The minimum absolute atomic E-state index is 0.370. The lowest BCUT2D eigenvalue weighted by molar-refractivity contribution is -0.0545. The molecule has 0 spiro atoms. The summed E-state index contributed by atoms with van der Waals surface area (Å²) in [6.07, 6.45) is -12.5. The van der Waals surface area contributed by atoms with Crippen LogP contribution in [-0.4, -0.2) is 121 Å². The Kier molecular flexibility index (Phi) is 11.8. The van der Waals surface area contributed by atoms with E-state index in [1.165, 1.54) is 0 Å². The van der Waals surface area contributed by atoms with E-state index < -0.39 is 108 Å². The van der Waals surface area contributed by atoms with Gasteiger partial charge in [-0.25, -0.2) is 23.0 Å². The lowest BCUT2D eigenvalue weighted by atomic mass is 10.1. The van der Waals surface area contributed by atoms with Crippen LogP contribution in [0.1, 0.15) is 12.5 Å². The zero-order chi connectivity index (χ0) is 36.6. The number of nitrogens with one attached hydrogen (secondary N) is 2. The second-order valence-corrected chi connectivity index (χ2v) is 14.8. The zero-order valence-electron chi connectivity index (χ0n) is 24.8. The second-order valence-electron chi connectivity index (χ2n) is 10.1. The Hall–Kier alpha value is -2.77. The Balaban J connectivity index is 1.34. The summed E-state index contributed by atoms with van der Waals surface area (Å²) in [5.74, 6) is -0.749. The first-order valence-electron chi connectivity index (χ1n) is 13.3. The van der Waals surface area contributed by atoms with Crippen LogP contribution >= 0.6 is 23.1 Å². The van der Waals surface area contributed by atoms with Gasteiger partial charge >= 0.3 is 27.0 Å². The van der Waals surface area contributed by atoms with E-state index in [1.54, 1.807) is 0 Å². The molecular formula is C20H28BN4O21P3. The van der Waals surface area contributed by atoms with E-state index in [0.717, 1.165) is 26.6 Å². The average Bonchev–Trinajstić information content (AvgIpc) is 3.43. The maximum Gasteiger partial charge on any atom is 0.487 e. The highest BCUT2D eigenvalue weighted by molar-refractivity contribution is 7.84. The Labute approximate surface area is 272 Å². The van der Waals surface area contributed by atoms with Crippen LogP contribution in [0.5, 0.6) is 11.5 Å². The molecule has 2 aliphatic rings. The van der Waals surface area contributed by atoms with Gasteiger partial charge in [-0.2, -0.15) is 4.31 Å². The molecule has 2 aromatic rings. The Bertz CT molecular complexity index is 1780. The number of phosphoric ester groups is 1. The van der Waals surface area contributed by atoms with E-state index in [9.17, 15) is 63.1 Å². The quantitative estimate of drug-likeness (QED) is 0.0669. The molecule has 25 nitrogen and oxygen atoms in total. The Morgan fingerprint density at radius 1 is 0.714 bits per heavy atom. The number of aliphatic hydroxyl groups excluding tert-OH is 4. The van der Waals surface area contributed by atoms with Crippen molar-refractivity contribution in [2.24, 2.45) is 0 Å². The van der Waals surface area contributed by atoms with Gasteiger partial charge in [0.05, 0.1) is 39.8 Å². The fraction of sp³-hybridized carbons (Fsp3) is 0.600. The number of aromatic amines is 2. The summed E-state index contributed by atoms with van der Waals surface area (Å²) in [6.45, 7) is -2.19. The molecule has 0 amide bonds. The van der Waals surface area contributed by atoms with Crippen molar-refractivity contribution < 1.29 is 80.5 Å². The van der Waals surface area contributed by atoms with Gasteiger partial charge in [-0.1, -0.05) is 0 Å². The largest absolute Gasteiger partial charge is 0.490 e. The highest BCUT2D eigenvalue weighted by atomic mass is 31.3. The molecule has 2 fully saturated rings. The molecule has 29 heteroatoms. The third kappa shape index (κ3) is 8.94. The number of aromatic nitrogens is 4. The molecule has 0 aromatic carbocycles. The highest BCUT2D eigenvalue weighted by Crippen LogP contribution is 2.67. The van der Waals surface area contributed by atoms with Crippen molar-refractivity contribution in [1.82, 2.24) is 19.1 Å². The molecule has 4 rings (SSSR count). The third-order valence-electron chi connectivity index (χ3n) is 6.78. The molecule has 5 unspecified atom stereocenters. The predicted molar refractivity (Wildman–Crippen MR) is 155 cm³/mol. The first-order valence-corrected chi connectivity index (χ1v) is 17.9. The van der Waals surface area contributed by atoms with Gasteiger partial charge in [0.1, 0.15) is 36.6 Å². The summed E-state index contributed by atoms with van der Waals surface area (Å²) in [4.78, 5) is 71.4. The number of hydrogen-bond donors (Lipinski definition) is 8. The maximum absolute atomic E-state index is 12.6. The van der Waals surface area contributed by atoms with Crippen LogP contribution in [0.4, 0.5) is 0 Å². The summed E-state index contributed by atoms with van der Waals surface area (Å²) in [5, 5.41) is 41.3. The van der Waals surface area contributed by atoms with Gasteiger partial charge in [-0.3, -0.25) is 37.8 Å². The normalized spacial score (nSPS) is 30.7. The molecule has 2 radical (unpaired) electrons. The average molecular weight is 764 g/mol. The molecule has 2 saturated heterocycles. The minimum Gasteiger partial charge on any atom is -0.490 e. The fourth-order valence-electron chi connectivity index (χ4n) is 4.48. The van der Waals surface area contributed by atoms with Gasteiger partial charge in [-0.15, -0.1) is 0 Å². The molecule has 8 N–H and O–H groups in total. The number of aliphatic hydroxyl groups is 4. The summed E-state index contributed by atoms with van der Waals surface area (Å²) < 4.78 is 76.2. The SMILES string of the molecule is [B]P(=O)(OC[C@H]1O[C@@H](n2cc(OC)c(=O)[nH]c2=O)[C@@H](O)C1O)OP(=O)(O)OP(=O)(O)OC[C@@H]1O[C@H](n2cc(OC)c(=O)[nH]c2=O)C(O)[C@@H]1O. The number of H-pyrrole nitrogens is 2. The molecule has 272 valence electrons. The van der Waals surface area contributed by atoms with Gasteiger partial charge in [0.25, 0.3) is 18.6 Å². The molecule has 11 atom stereocenters. The standard InChI is InChI=1S/C20H28BN4O21P3/c1-39-7-3-24(19(32)22-15(7)30)17-13(28)11(26)9(43-17)5-41-47(21,34)45-49(37,38)46-48(35,36)42-6-10-12(27)14(29)18(44-10)25-4-8(40-2)16(31)23-20(25)33/h3-4,9-14,17-18,26-29H,5-6H2,1-2H3,(H,35,36)(H,37,38)(H,22,30,32)(H,23,31,33)/t9-,10+,11?,12-,13+,14?,17-,18+,47?/m1/s1. The smallest absolute Gasteiger partial charge is 0.487 e. The number of ether oxygens (including phenoxy) is 4. The van der Waals surface area contributed by atoms with Gasteiger partial charge < -0.3 is 53.7 Å². The van der Waals surface area contributed by atoms with Crippen LogP contribution in [0.15, 0.2) is 31.6 Å². The van der Waals surface area contributed by atoms with Gasteiger partial charge in [0.2, 0.25) is 19.1 Å². The number of phosphoric acid groups is 2. The topological polar surface area (TPSA) is 356 Å². The van der Waals surface area contributed by atoms with Crippen LogP contribution in [-0.2, 0) is 40.8 Å². The molecule has 0 saturated carbocycles. The van der Waals surface area contributed by atoms with Crippen molar-refractivity contribution in [2.75, 3.05) is 27.4 Å². The first kappa shape index (κ1) is 39.0. The number of nitrogens with zero attached hydrogens (tertiary/aromatic N) is 2. The van der Waals surface area contributed by atoms with Crippen LogP contribution in [0.3, 0.4) is 0 Å². The number of methoxy groups -OCH3 is 2. The lowest BCUT2D eigenvalue weighted by Gasteiger charge is -2.22. The molecule has 0 aliphatic carbocycles. The van der Waals surface area contributed by atoms with Crippen molar-refractivity contribution in [2.45, 2.75) is 49.1 Å². The summed E-state index contributed by atoms with van der Waals surface area (Å²) >= 11 is 0. The Morgan fingerprint density at radius 3 is 1.53 bits per heavy atom. The molecule has 4 heterocycles. The molecule has 2 aliphatic heterocycles. The van der Waals surface area contributed by atoms with Crippen molar-refractivity contribution >= 4 is 30.7 Å². The van der Waals surface area contributed by atoms with Crippen molar-refractivity contribution in [3.05, 3.63) is 54.1 Å². The number of hydrogen-bond acceptors (Lipinski definition) is 19. The minimum atomic E-state index is -5.92. The highest BCUT2D eigenvalue weighted by Gasteiger charge is 2.48. The Morgan fingerprint density at radius 2 is 1.12 bits per heavy atom. The number of rotatable bonds is 14. The monoisotopic (exact) mass is 764 g/mol. The molecular weight excluding hydrogens is 736 g/mol. The van der Waals surface area contributed by atoms with Gasteiger partial charge in [-0.05, 0) is 0 Å². The fourth-order valence-corrected chi connectivity index (χ4v) is 8.13. The van der Waals surface area contributed by atoms with Crippen molar-refractivity contribution in [3.63, 3.8) is 0 Å².